The fourth-order valence-electron chi connectivity index (χ4n) is 2.53. The Labute approximate surface area is 124 Å². The van der Waals surface area contributed by atoms with E-state index in [2.05, 4.69) is 36.5 Å². The highest BCUT2D eigenvalue weighted by Gasteiger charge is 2.28. The van der Waals surface area contributed by atoms with Gasteiger partial charge in [0.2, 0.25) is 0 Å². The molecule has 1 fully saturated rings. The maximum atomic E-state index is 12.0. The van der Waals surface area contributed by atoms with E-state index in [0.29, 0.717) is 17.3 Å². The highest BCUT2D eigenvalue weighted by atomic mass is 32.2. The Morgan fingerprint density at radius 2 is 2.35 bits per heavy atom. The quantitative estimate of drug-likeness (QED) is 0.877. The molecule has 2 atom stereocenters. The fourth-order valence-corrected chi connectivity index (χ4v) is 3.72. The standard InChI is InChI=1S/C14H24N4OS/c1-4-20-13-7-5-6-12(13)17-14(19)16-11-8-15-18(9-11)10(2)3/h8-10,12-13H,4-7H2,1-3H3,(H2,16,17,19)/t12-,13-/m0/s1. The second kappa shape index (κ2) is 7.02. The van der Waals surface area contributed by atoms with E-state index in [1.165, 1.54) is 12.8 Å². The summed E-state index contributed by atoms with van der Waals surface area (Å²) < 4.78 is 1.83. The summed E-state index contributed by atoms with van der Waals surface area (Å²) in [5.41, 5.74) is 0.744. The molecule has 1 aromatic heterocycles. The molecule has 1 aliphatic rings. The van der Waals surface area contributed by atoms with Crippen LogP contribution in [0.3, 0.4) is 0 Å². The lowest BCUT2D eigenvalue weighted by atomic mass is 10.2. The van der Waals surface area contributed by atoms with Crippen LogP contribution < -0.4 is 10.6 Å². The normalized spacial score (nSPS) is 22.2. The van der Waals surface area contributed by atoms with Crippen LogP contribution in [-0.4, -0.2) is 32.9 Å². The van der Waals surface area contributed by atoms with Gasteiger partial charge in [-0.15, -0.1) is 0 Å². The summed E-state index contributed by atoms with van der Waals surface area (Å²) in [5.74, 6) is 1.10. The maximum absolute atomic E-state index is 12.0. The van der Waals surface area contributed by atoms with Gasteiger partial charge in [-0.05, 0) is 32.4 Å². The second-order valence-corrected chi connectivity index (χ2v) is 6.95. The van der Waals surface area contributed by atoms with Gasteiger partial charge in [0.15, 0.2) is 0 Å². The summed E-state index contributed by atoms with van der Waals surface area (Å²) in [7, 11) is 0. The van der Waals surface area contributed by atoms with Crippen LogP contribution in [0.2, 0.25) is 0 Å². The van der Waals surface area contributed by atoms with Crippen molar-refractivity contribution in [3.8, 4) is 0 Å². The van der Waals surface area contributed by atoms with Crippen LogP contribution in [0.15, 0.2) is 12.4 Å². The van der Waals surface area contributed by atoms with E-state index in [-0.39, 0.29) is 6.03 Å². The molecule has 0 aliphatic heterocycles. The first kappa shape index (κ1) is 15.2. The lowest BCUT2D eigenvalue weighted by molar-refractivity contribution is 0.249. The number of thioether (sulfide) groups is 1. The topological polar surface area (TPSA) is 59.0 Å². The lowest BCUT2D eigenvalue weighted by Gasteiger charge is -2.20. The number of hydrogen-bond donors (Lipinski definition) is 2. The number of anilines is 1. The SMILES string of the molecule is CCS[C@H]1CCC[C@@H]1NC(=O)Nc1cnn(C(C)C)c1. The summed E-state index contributed by atoms with van der Waals surface area (Å²) >= 11 is 1.94. The first-order valence-corrected chi connectivity index (χ1v) is 8.38. The van der Waals surface area contributed by atoms with Gasteiger partial charge in [-0.2, -0.15) is 16.9 Å². The Balaban J connectivity index is 1.85. The Morgan fingerprint density at radius 3 is 3.00 bits per heavy atom. The molecule has 1 aliphatic carbocycles. The van der Waals surface area contributed by atoms with E-state index < -0.39 is 0 Å². The Bertz CT molecular complexity index is 446. The van der Waals surface area contributed by atoms with Gasteiger partial charge in [0.25, 0.3) is 0 Å². The van der Waals surface area contributed by atoms with Crippen LogP contribution in [0, 0.1) is 0 Å². The second-order valence-electron chi connectivity index (χ2n) is 5.43. The average Bonchev–Trinajstić information content (AvgIpc) is 3.00. The summed E-state index contributed by atoms with van der Waals surface area (Å²) in [6.07, 6.45) is 7.03. The number of carbonyl (C=O) groups is 1. The summed E-state index contributed by atoms with van der Waals surface area (Å²) in [6.45, 7) is 6.28. The number of carbonyl (C=O) groups excluding carboxylic acids is 1. The highest BCUT2D eigenvalue weighted by molar-refractivity contribution is 7.99. The van der Waals surface area contributed by atoms with Crippen LogP contribution in [0.1, 0.15) is 46.1 Å². The van der Waals surface area contributed by atoms with Crippen molar-refractivity contribution in [2.75, 3.05) is 11.1 Å². The molecule has 0 bridgehead atoms. The van der Waals surface area contributed by atoms with Crippen LogP contribution in [-0.2, 0) is 0 Å². The smallest absolute Gasteiger partial charge is 0.319 e. The maximum Gasteiger partial charge on any atom is 0.319 e. The van der Waals surface area contributed by atoms with Gasteiger partial charge >= 0.3 is 6.03 Å². The molecule has 5 nitrogen and oxygen atoms in total. The lowest BCUT2D eigenvalue weighted by Crippen LogP contribution is -2.41. The van der Waals surface area contributed by atoms with Crippen LogP contribution in [0.4, 0.5) is 10.5 Å². The molecule has 0 radical (unpaired) electrons. The minimum atomic E-state index is -0.123. The minimum absolute atomic E-state index is 0.123. The van der Waals surface area contributed by atoms with E-state index in [9.17, 15) is 4.79 Å². The molecule has 0 saturated heterocycles. The van der Waals surface area contributed by atoms with E-state index in [4.69, 9.17) is 0 Å². The number of nitrogens with one attached hydrogen (secondary N) is 2. The van der Waals surface area contributed by atoms with Gasteiger partial charge in [-0.25, -0.2) is 4.79 Å². The number of nitrogens with zero attached hydrogens (tertiary/aromatic N) is 2. The first-order valence-electron chi connectivity index (χ1n) is 7.33. The molecular weight excluding hydrogens is 272 g/mol. The molecule has 1 aromatic rings. The van der Waals surface area contributed by atoms with E-state index in [1.807, 2.05) is 22.6 Å². The molecule has 2 N–H and O–H groups in total. The van der Waals surface area contributed by atoms with Crippen molar-refractivity contribution in [3.05, 3.63) is 12.4 Å². The van der Waals surface area contributed by atoms with Crippen molar-refractivity contribution in [1.29, 1.82) is 0 Å². The Kier molecular flexibility index (Phi) is 5.34. The molecule has 20 heavy (non-hydrogen) atoms. The van der Waals surface area contributed by atoms with E-state index in [0.717, 1.165) is 17.9 Å². The molecule has 0 aromatic carbocycles. The van der Waals surface area contributed by atoms with Gasteiger partial charge < -0.3 is 10.6 Å². The third kappa shape index (κ3) is 3.91. The zero-order valence-corrected chi connectivity index (χ0v) is 13.2. The Hall–Kier alpha value is -1.17. The molecule has 1 saturated carbocycles. The summed E-state index contributed by atoms with van der Waals surface area (Å²) in [6, 6.07) is 0.468. The predicted octanol–water partition coefficient (Wildman–Crippen LogP) is 3.26. The van der Waals surface area contributed by atoms with Crippen molar-refractivity contribution >= 4 is 23.5 Å². The van der Waals surface area contributed by atoms with Crippen molar-refractivity contribution < 1.29 is 4.79 Å². The van der Waals surface area contributed by atoms with Gasteiger partial charge in [0, 0.05) is 23.5 Å². The van der Waals surface area contributed by atoms with Crippen molar-refractivity contribution in [2.24, 2.45) is 0 Å². The van der Waals surface area contributed by atoms with Gasteiger partial charge in [0.1, 0.15) is 0 Å². The third-order valence-corrected chi connectivity index (χ3v) is 4.86. The molecule has 2 amide bonds. The average molecular weight is 296 g/mol. The largest absolute Gasteiger partial charge is 0.334 e. The Morgan fingerprint density at radius 1 is 1.55 bits per heavy atom. The number of urea groups is 1. The number of amides is 2. The monoisotopic (exact) mass is 296 g/mol. The van der Waals surface area contributed by atoms with Crippen molar-refractivity contribution in [1.82, 2.24) is 15.1 Å². The van der Waals surface area contributed by atoms with E-state index >= 15 is 0 Å². The molecule has 1 heterocycles. The van der Waals surface area contributed by atoms with Crippen molar-refractivity contribution in [2.45, 2.75) is 57.4 Å². The fraction of sp³-hybridized carbons (Fsp3) is 0.714. The predicted molar refractivity (Wildman–Crippen MR) is 84.3 cm³/mol. The third-order valence-electron chi connectivity index (χ3n) is 3.54. The van der Waals surface area contributed by atoms with Crippen LogP contribution in [0.25, 0.3) is 0 Å². The van der Waals surface area contributed by atoms with Crippen molar-refractivity contribution in [3.63, 3.8) is 0 Å². The van der Waals surface area contributed by atoms with Gasteiger partial charge in [-0.1, -0.05) is 13.3 Å². The van der Waals surface area contributed by atoms with Gasteiger partial charge in [0.05, 0.1) is 11.9 Å². The zero-order valence-electron chi connectivity index (χ0n) is 12.4. The highest BCUT2D eigenvalue weighted by Crippen LogP contribution is 2.29. The molecule has 2 rings (SSSR count). The van der Waals surface area contributed by atoms with Crippen LogP contribution >= 0.6 is 11.8 Å². The van der Waals surface area contributed by atoms with Gasteiger partial charge in [-0.3, -0.25) is 4.68 Å². The summed E-state index contributed by atoms with van der Waals surface area (Å²) in [4.78, 5) is 12.0. The van der Waals surface area contributed by atoms with E-state index in [1.54, 1.807) is 6.20 Å². The molecule has 6 heteroatoms. The molecule has 0 unspecified atom stereocenters. The number of aromatic nitrogens is 2. The van der Waals surface area contributed by atoms with Crippen LogP contribution in [0.5, 0.6) is 0 Å². The molecule has 112 valence electrons. The zero-order chi connectivity index (χ0) is 14.5. The number of rotatable bonds is 5. The molecule has 0 spiro atoms. The molecular formula is C14H24N4OS. The number of hydrogen-bond acceptors (Lipinski definition) is 3. The first-order chi connectivity index (χ1) is 9.60. The summed E-state index contributed by atoms with van der Waals surface area (Å²) in [5, 5.41) is 10.7. The minimum Gasteiger partial charge on any atom is -0.334 e.